The van der Waals surface area contributed by atoms with Crippen molar-refractivity contribution in [3.05, 3.63) is 79.2 Å². The van der Waals surface area contributed by atoms with Crippen molar-refractivity contribution in [2.75, 3.05) is 0 Å². The second-order valence-corrected chi connectivity index (χ2v) is 3.14. The molecule has 2 rings (SSSR count). The SMILES string of the molecule is C.C.CC.CC.C[C-]=O.O=[C-]c1ccccc1.O=[C-]c1ccccc1.[CH3-].[Y].[Y]. The van der Waals surface area contributed by atoms with Crippen molar-refractivity contribution in [3.63, 3.8) is 0 Å². The molecule has 3 nitrogen and oxygen atoms in total. The van der Waals surface area contributed by atoms with Gasteiger partial charge in [-0.25, -0.2) is 0 Å². The minimum atomic E-state index is 0. The van der Waals surface area contributed by atoms with Gasteiger partial charge in [0.15, 0.2) is 0 Å². The summed E-state index contributed by atoms with van der Waals surface area (Å²) in [5.41, 5.74) is 1.21. The maximum Gasteiger partial charge on any atom is 0.0627 e. The van der Waals surface area contributed by atoms with Crippen molar-refractivity contribution >= 4 is 18.9 Å². The van der Waals surface area contributed by atoms with Gasteiger partial charge in [-0.1, -0.05) is 54.7 Å². The van der Waals surface area contributed by atoms with Crippen LogP contribution in [0.3, 0.4) is 0 Å². The van der Waals surface area contributed by atoms with Gasteiger partial charge in [0, 0.05) is 65.4 Å². The number of carbonyl (C=O) groups excluding carboxylic acids is 3. The van der Waals surface area contributed by atoms with E-state index in [1.165, 1.54) is 13.2 Å². The van der Waals surface area contributed by atoms with Gasteiger partial charge in [0.2, 0.25) is 0 Å². The zero-order valence-corrected chi connectivity index (χ0v) is 22.3. The molecule has 2 radical (unpaired) electrons. The van der Waals surface area contributed by atoms with Gasteiger partial charge in [0.05, 0.1) is 12.6 Å². The summed E-state index contributed by atoms with van der Waals surface area (Å²) in [5.74, 6) is 0. The molecule has 0 atom stereocenters. The van der Waals surface area contributed by atoms with Gasteiger partial charge in [-0.3, -0.25) is 6.29 Å². The third kappa shape index (κ3) is 40.4. The molecule has 2 aromatic carbocycles. The van der Waals surface area contributed by atoms with Crippen molar-refractivity contribution in [2.45, 2.75) is 49.5 Å². The predicted molar refractivity (Wildman–Crippen MR) is 116 cm³/mol. The minimum Gasteiger partial charge on any atom is -0.542 e. The first-order valence-corrected chi connectivity index (χ1v) is 7.43. The second kappa shape index (κ2) is 50.4. The molecule has 28 heavy (non-hydrogen) atoms. The van der Waals surface area contributed by atoms with E-state index >= 15 is 0 Å². The van der Waals surface area contributed by atoms with E-state index < -0.39 is 0 Å². The van der Waals surface area contributed by atoms with Gasteiger partial charge >= 0.3 is 0 Å². The monoisotopic (exact) mass is 538 g/mol. The van der Waals surface area contributed by atoms with Crippen LogP contribution in [0, 0.1) is 7.43 Å². The molecule has 0 amide bonds. The van der Waals surface area contributed by atoms with E-state index in [-0.39, 0.29) is 87.7 Å². The van der Waals surface area contributed by atoms with Crippen LogP contribution < -0.4 is 0 Å². The van der Waals surface area contributed by atoms with E-state index in [1.807, 2.05) is 39.8 Å². The number of rotatable bonds is 2. The Morgan fingerprint density at radius 1 is 0.571 bits per heavy atom. The summed E-state index contributed by atoms with van der Waals surface area (Å²) < 4.78 is 0. The van der Waals surface area contributed by atoms with Crippen molar-refractivity contribution in [1.82, 2.24) is 0 Å². The van der Waals surface area contributed by atoms with Crippen LogP contribution in [0.2, 0.25) is 0 Å². The Morgan fingerprint density at radius 3 is 0.857 bits per heavy atom. The molecule has 0 fully saturated rings. The van der Waals surface area contributed by atoms with Crippen LogP contribution in [0.5, 0.6) is 0 Å². The molecule has 0 heterocycles. The average Bonchev–Trinajstić information content (AvgIpc) is 2.67. The van der Waals surface area contributed by atoms with Crippen molar-refractivity contribution < 1.29 is 79.8 Å². The van der Waals surface area contributed by atoms with E-state index in [0.717, 1.165) is 0 Å². The Bertz CT molecular complexity index is 432. The first-order valence-electron chi connectivity index (χ1n) is 7.43. The predicted octanol–water partition coefficient (Wildman–Crippen LogP) is 6.17. The van der Waals surface area contributed by atoms with Gasteiger partial charge in [-0.15, -0.1) is 24.3 Å². The molecule has 2 aromatic rings. The van der Waals surface area contributed by atoms with Gasteiger partial charge in [-0.05, 0) is 0 Å². The molecule has 0 unspecified atom stereocenters. The Kier molecular flexibility index (Phi) is 91.6. The summed E-state index contributed by atoms with van der Waals surface area (Å²) in [4.78, 5) is 28.4. The normalized spacial score (nSPS) is 5.75. The van der Waals surface area contributed by atoms with E-state index in [4.69, 9.17) is 4.79 Å². The number of hydrogen-bond acceptors (Lipinski definition) is 3. The third-order valence-corrected chi connectivity index (χ3v) is 1.78. The Hall–Kier alpha value is -0.342. The summed E-state index contributed by atoms with van der Waals surface area (Å²) in [7, 11) is 0. The van der Waals surface area contributed by atoms with Crippen LogP contribution in [0.25, 0.3) is 0 Å². The Labute approximate surface area is 225 Å². The smallest absolute Gasteiger partial charge is 0.0627 e. The van der Waals surface area contributed by atoms with Crippen molar-refractivity contribution in [2.24, 2.45) is 0 Å². The number of benzene rings is 2. The Balaban J connectivity index is -0.0000000319. The average molecular weight is 538 g/mol. The largest absolute Gasteiger partial charge is 0.542 e. The molecule has 5 heteroatoms. The fourth-order valence-corrected chi connectivity index (χ4v) is 1.01. The third-order valence-electron chi connectivity index (χ3n) is 1.78. The van der Waals surface area contributed by atoms with Crippen LogP contribution >= 0.6 is 0 Å². The van der Waals surface area contributed by atoms with E-state index in [0.29, 0.717) is 11.1 Å². The topological polar surface area (TPSA) is 51.2 Å². The molecule has 0 saturated heterocycles. The van der Waals surface area contributed by atoms with E-state index in [2.05, 4.69) is 0 Å². The molecule has 0 spiro atoms. The first-order chi connectivity index (χ1) is 11.3. The van der Waals surface area contributed by atoms with Crippen LogP contribution in [-0.2, 0) is 79.8 Å². The standard InChI is InChI=1S/2C7H5O.C2H3O.2C2H6.2CH4.CH3.2Y/c2*8-6-7-4-2-1-3-5-7;1-2-3;2*1-2;;;;;/h2*1-5H;1H3;2*1-2H3;2*1H4;1H3;;/q3*-1;;;;;-1;;. The van der Waals surface area contributed by atoms with Gasteiger partial charge in [0.1, 0.15) is 0 Å². The maximum atomic E-state index is 9.88. The summed E-state index contributed by atoms with van der Waals surface area (Å²) in [6.45, 7) is 9.32. The molecule has 0 aliphatic rings. The quantitative estimate of drug-likeness (QED) is 0.430. The number of hydrogen-bond donors (Lipinski definition) is 0. The Morgan fingerprint density at radius 2 is 0.750 bits per heavy atom. The molecule has 0 aromatic heterocycles. The van der Waals surface area contributed by atoms with Crippen LogP contribution in [0.15, 0.2) is 60.7 Å². The minimum absolute atomic E-state index is 0. The van der Waals surface area contributed by atoms with Crippen LogP contribution in [0.1, 0.15) is 60.6 Å². The molecule has 0 bridgehead atoms. The maximum absolute atomic E-state index is 9.88. The van der Waals surface area contributed by atoms with Crippen LogP contribution in [0.4, 0.5) is 0 Å². The first kappa shape index (κ1) is 50.9. The molecular weight excluding hydrogens is 502 g/mol. The molecule has 0 N–H and O–H groups in total. The zero-order valence-electron chi connectivity index (χ0n) is 16.7. The molecule has 0 aliphatic heterocycles. The fourth-order valence-electron chi connectivity index (χ4n) is 1.01. The summed E-state index contributed by atoms with van der Waals surface area (Å²) in [6.07, 6.45) is 5.05. The molecular formula is C23H36O3Y2-4. The zero-order chi connectivity index (χ0) is 18.3. The second-order valence-electron chi connectivity index (χ2n) is 3.14. The van der Waals surface area contributed by atoms with Gasteiger partial charge in [0.25, 0.3) is 0 Å². The fraction of sp³-hybridized carbons (Fsp3) is 0.304. The van der Waals surface area contributed by atoms with Crippen molar-refractivity contribution in [1.29, 1.82) is 0 Å². The molecule has 0 aliphatic carbocycles. The molecule has 0 saturated carbocycles. The van der Waals surface area contributed by atoms with Gasteiger partial charge in [-0.2, -0.15) is 42.3 Å². The van der Waals surface area contributed by atoms with E-state index in [9.17, 15) is 9.59 Å². The summed E-state index contributed by atoms with van der Waals surface area (Å²) >= 11 is 0. The van der Waals surface area contributed by atoms with Gasteiger partial charge < -0.3 is 21.8 Å². The van der Waals surface area contributed by atoms with Crippen molar-refractivity contribution in [3.8, 4) is 0 Å². The van der Waals surface area contributed by atoms with E-state index in [1.54, 1.807) is 61.1 Å². The van der Waals surface area contributed by atoms with Crippen LogP contribution in [-0.4, -0.2) is 18.9 Å². The summed E-state index contributed by atoms with van der Waals surface area (Å²) in [6, 6.07) is 17.8. The summed E-state index contributed by atoms with van der Waals surface area (Å²) in [5, 5.41) is 0. The molecule has 156 valence electrons.